The van der Waals surface area contributed by atoms with Crippen LogP contribution in [0.2, 0.25) is 5.02 Å². The minimum absolute atomic E-state index is 0.0508. The number of halogens is 1. The highest BCUT2D eigenvalue weighted by Gasteiger charge is 2.24. The molecule has 1 saturated heterocycles. The molecular formula is C26H24ClN3O. The van der Waals surface area contributed by atoms with Gasteiger partial charge in [0.15, 0.2) is 0 Å². The molecule has 0 saturated carbocycles. The van der Waals surface area contributed by atoms with E-state index >= 15 is 0 Å². The number of nitrogens with zero attached hydrogens (tertiary/aromatic N) is 2. The summed E-state index contributed by atoms with van der Waals surface area (Å²) in [7, 11) is 0. The third-order valence-corrected chi connectivity index (χ3v) is 6.19. The zero-order valence-electron chi connectivity index (χ0n) is 17.2. The predicted octanol–water partition coefficient (Wildman–Crippen LogP) is 5.17. The quantitative estimate of drug-likeness (QED) is 0.486. The standard InChI is InChI=1S/C26H24ClN3O/c27-21-11-12-23-22(17-21)24(20-9-5-2-6-10-20)25(26(31)28-23)30-15-13-29(14-16-30)18-19-7-3-1-4-8-19/h1-12,17H,13-16,18H2,(H,28,31). The van der Waals surface area contributed by atoms with Gasteiger partial charge in [0.25, 0.3) is 5.56 Å². The predicted molar refractivity (Wildman–Crippen MR) is 129 cm³/mol. The minimum Gasteiger partial charge on any atom is -0.364 e. The van der Waals surface area contributed by atoms with Gasteiger partial charge in [-0.3, -0.25) is 9.69 Å². The van der Waals surface area contributed by atoms with E-state index in [0.717, 1.165) is 60.4 Å². The molecule has 2 heterocycles. The van der Waals surface area contributed by atoms with Crippen LogP contribution in [0.1, 0.15) is 5.56 Å². The maximum atomic E-state index is 13.2. The smallest absolute Gasteiger partial charge is 0.272 e. The second-order valence-electron chi connectivity index (χ2n) is 7.98. The summed E-state index contributed by atoms with van der Waals surface area (Å²) in [5.74, 6) is 0. The monoisotopic (exact) mass is 429 g/mol. The second-order valence-corrected chi connectivity index (χ2v) is 8.42. The van der Waals surface area contributed by atoms with Crippen molar-refractivity contribution in [2.24, 2.45) is 0 Å². The van der Waals surface area contributed by atoms with Crippen molar-refractivity contribution < 1.29 is 0 Å². The number of nitrogens with one attached hydrogen (secondary N) is 1. The van der Waals surface area contributed by atoms with Crippen molar-refractivity contribution >= 4 is 28.2 Å². The van der Waals surface area contributed by atoms with Gasteiger partial charge in [-0.1, -0.05) is 72.3 Å². The molecule has 0 aliphatic carbocycles. The lowest BCUT2D eigenvalue weighted by Gasteiger charge is -2.36. The summed E-state index contributed by atoms with van der Waals surface area (Å²) >= 11 is 6.34. The van der Waals surface area contributed by atoms with Gasteiger partial charge in [-0.25, -0.2) is 0 Å². The lowest BCUT2D eigenvalue weighted by molar-refractivity contribution is 0.250. The van der Waals surface area contributed by atoms with E-state index in [1.54, 1.807) is 0 Å². The average Bonchev–Trinajstić information content (AvgIpc) is 2.80. The van der Waals surface area contributed by atoms with Crippen LogP contribution in [0.3, 0.4) is 0 Å². The Morgan fingerprint density at radius 3 is 2.23 bits per heavy atom. The minimum atomic E-state index is -0.0508. The topological polar surface area (TPSA) is 39.3 Å². The molecule has 0 unspecified atom stereocenters. The molecule has 1 aromatic heterocycles. The number of pyridine rings is 1. The first-order valence-electron chi connectivity index (χ1n) is 10.6. The van der Waals surface area contributed by atoms with E-state index in [1.165, 1.54) is 5.56 Å². The molecule has 4 nitrogen and oxygen atoms in total. The molecule has 0 atom stereocenters. The third kappa shape index (κ3) is 4.09. The summed E-state index contributed by atoms with van der Waals surface area (Å²) in [4.78, 5) is 21.0. The van der Waals surface area contributed by atoms with Crippen LogP contribution in [-0.4, -0.2) is 36.1 Å². The summed E-state index contributed by atoms with van der Waals surface area (Å²) in [6.45, 7) is 4.37. The molecule has 0 bridgehead atoms. The van der Waals surface area contributed by atoms with E-state index in [-0.39, 0.29) is 5.56 Å². The highest BCUT2D eigenvalue weighted by Crippen LogP contribution is 2.35. The number of benzene rings is 3. The average molecular weight is 430 g/mol. The summed E-state index contributed by atoms with van der Waals surface area (Å²) < 4.78 is 0. The molecule has 1 aliphatic rings. The molecule has 0 spiro atoms. The molecule has 1 fully saturated rings. The van der Waals surface area contributed by atoms with Crippen LogP contribution < -0.4 is 10.5 Å². The lowest BCUT2D eigenvalue weighted by atomic mass is 9.98. The van der Waals surface area contributed by atoms with Crippen molar-refractivity contribution in [2.45, 2.75) is 6.54 Å². The Balaban J connectivity index is 1.51. The highest BCUT2D eigenvalue weighted by atomic mass is 35.5. The Morgan fingerprint density at radius 1 is 0.839 bits per heavy atom. The fourth-order valence-electron chi connectivity index (χ4n) is 4.42. The number of piperazine rings is 1. The third-order valence-electron chi connectivity index (χ3n) is 5.95. The van der Waals surface area contributed by atoms with E-state index in [4.69, 9.17) is 11.6 Å². The first-order chi connectivity index (χ1) is 15.2. The summed E-state index contributed by atoms with van der Waals surface area (Å²) in [6, 6.07) is 26.3. The van der Waals surface area contributed by atoms with Crippen LogP contribution in [0.25, 0.3) is 22.0 Å². The first-order valence-corrected chi connectivity index (χ1v) is 11.0. The van der Waals surface area contributed by atoms with Crippen LogP contribution >= 0.6 is 11.6 Å². The fraction of sp³-hybridized carbons (Fsp3) is 0.192. The number of fused-ring (bicyclic) bond motifs is 1. The highest BCUT2D eigenvalue weighted by molar-refractivity contribution is 6.31. The van der Waals surface area contributed by atoms with Crippen LogP contribution in [0.4, 0.5) is 5.69 Å². The molecule has 4 aromatic rings. The Labute approximate surface area is 186 Å². The number of hydrogen-bond acceptors (Lipinski definition) is 3. The maximum absolute atomic E-state index is 13.2. The Morgan fingerprint density at radius 2 is 1.52 bits per heavy atom. The van der Waals surface area contributed by atoms with Crippen LogP contribution in [-0.2, 0) is 6.54 Å². The zero-order chi connectivity index (χ0) is 21.2. The molecule has 0 radical (unpaired) electrons. The zero-order valence-corrected chi connectivity index (χ0v) is 18.0. The molecular weight excluding hydrogens is 406 g/mol. The van der Waals surface area contributed by atoms with Crippen molar-refractivity contribution in [3.05, 3.63) is 99.8 Å². The number of aromatic amines is 1. The first kappa shape index (κ1) is 19.9. The van der Waals surface area contributed by atoms with Crippen molar-refractivity contribution in [1.82, 2.24) is 9.88 Å². The molecule has 1 N–H and O–H groups in total. The number of rotatable bonds is 4. The maximum Gasteiger partial charge on any atom is 0.272 e. The molecule has 3 aromatic carbocycles. The molecule has 5 heteroatoms. The van der Waals surface area contributed by atoms with Gasteiger partial charge in [-0.2, -0.15) is 0 Å². The number of hydrogen-bond donors (Lipinski definition) is 1. The Kier molecular flexibility index (Phi) is 5.49. The van der Waals surface area contributed by atoms with Gasteiger partial charge in [0, 0.05) is 54.2 Å². The van der Waals surface area contributed by atoms with Gasteiger partial charge < -0.3 is 9.88 Å². The van der Waals surface area contributed by atoms with E-state index in [1.807, 2.05) is 42.5 Å². The van der Waals surface area contributed by atoms with Crippen LogP contribution in [0, 0.1) is 0 Å². The van der Waals surface area contributed by atoms with Crippen LogP contribution in [0.15, 0.2) is 83.7 Å². The van der Waals surface area contributed by atoms with E-state index in [2.05, 4.69) is 51.2 Å². The normalized spacial score (nSPS) is 14.8. The van der Waals surface area contributed by atoms with Gasteiger partial charge in [0.1, 0.15) is 5.69 Å². The lowest BCUT2D eigenvalue weighted by Crippen LogP contribution is -2.47. The van der Waals surface area contributed by atoms with Crippen molar-refractivity contribution in [2.75, 3.05) is 31.1 Å². The largest absolute Gasteiger partial charge is 0.364 e. The Bertz CT molecular complexity index is 1250. The van der Waals surface area contributed by atoms with Gasteiger partial charge in [0.2, 0.25) is 0 Å². The van der Waals surface area contributed by atoms with Crippen molar-refractivity contribution in [3.8, 4) is 11.1 Å². The SMILES string of the molecule is O=c1[nH]c2ccc(Cl)cc2c(-c2ccccc2)c1N1CCN(Cc2ccccc2)CC1. The van der Waals surface area contributed by atoms with E-state index in [9.17, 15) is 4.79 Å². The number of anilines is 1. The molecule has 5 rings (SSSR count). The Hall–Kier alpha value is -3.08. The van der Waals surface area contributed by atoms with Gasteiger partial charge in [-0.15, -0.1) is 0 Å². The van der Waals surface area contributed by atoms with Gasteiger partial charge >= 0.3 is 0 Å². The number of H-pyrrole nitrogens is 1. The van der Waals surface area contributed by atoms with E-state index < -0.39 is 0 Å². The molecule has 31 heavy (non-hydrogen) atoms. The number of aromatic nitrogens is 1. The van der Waals surface area contributed by atoms with Gasteiger partial charge in [-0.05, 0) is 29.3 Å². The molecule has 0 amide bonds. The van der Waals surface area contributed by atoms with E-state index in [0.29, 0.717) is 5.02 Å². The van der Waals surface area contributed by atoms with Crippen molar-refractivity contribution in [1.29, 1.82) is 0 Å². The summed E-state index contributed by atoms with van der Waals surface area (Å²) in [5.41, 5.74) is 4.80. The summed E-state index contributed by atoms with van der Waals surface area (Å²) in [5, 5.41) is 1.63. The summed E-state index contributed by atoms with van der Waals surface area (Å²) in [6.07, 6.45) is 0. The van der Waals surface area contributed by atoms with Gasteiger partial charge in [0.05, 0.1) is 0 Å². The second kappa shape index (κ2) is 8.58. The molecule has 156 valence electrons. The van der Waals surface area contributed by atoms with Crippen molar-refractivity contribution in [3.63, 3.8) is 0 Å². The molecule has 1 aliphatic heterocycles. The fourth-order valence-corrected chi connectivity index (χ4v) is 4.60. The van der Waals surface area contributed by atoms with Crippen LogP contribution in [0.5, 0.6) is 0 Å².